The highest BCUT2D eigenvalue weighted by Crippen LogP contribution is 2.24. The van der Waals surface area contributed by atoms with Crippen LogP contribution in [0.2, 0.25) is 10.3 Å². The molecule has 112 valence electrons. The molecule has 21 heavy (non-hydrogen) atoms. The van der Waals surface area contributed by atoms with E-state index in [0.717, 1.165) is 5.57 Å². The number of carbonyl (C=O) groups excluding carboxylic acids is 1. The first-order valence-electron chi connectivity index (χ1n) is 6.15. The van der Waals surface area contributed by atoms with Gasteiger partial charge in [0.2, 0.25) is 5.28 Å². The van der Waals surface area contributed by atoms with Gasteiger partial charge in [0.05, 0.1) is 17.5 Å². The van der Waals surface area contributed by atoms with Crippen LogP contribution < -0.4 is 11.1 Å². The van der Waals surface area contributed by atoms with Crippen molar-refractivity contribution >= 4 is 34.9 Å². The summed E-state index contributed by atoms with van der Waals surface area (Å²) in [6, 6.07) is 0. The molecule has 0 saturated heterocycles. The fraction of sp³-hybridized carbons (Fsp3) is 0.214. The van der Waals surface area contributed by atoms with Crippen molar-refractivity contribution in [1.82, 2.24) is 9.97 Å². The highest BCUT2D eigenvalue weighted by molar-refractivity contribution is 6.33. The first-order chi connectivity index (χ1) is 9.90. The summed E-state index contributed by atoms with van der Waals surface area (Å²) in [5.41, 5.74) is 7.03. The normalized spacial score (nSPS) is 13.3. The molecule has 0 aliphatic heterocycles. The van der Waals surface area contributed by atoms with Crippen molar-refractivity contribution in [2.45, 2.75) is 20.8 Å². The van der Waals surface area contributed by atoms with Gasteiger partial charge < -0.3 is 11.1 Å². The van der Waals surface area contributed by atoms with Crippen molar-refractivity contribution < 1.29 is 4.79 Å². The van der Waals surface area contributed by atoms with Crippen LogP contribution in [0.4, 0.5) is 5.82 Å². The average Bonchev–Trinajstić information content (AvgIpc) is 2.42. The van der Waals surface area contributed by atoms with Gasteiger partial charge in [0.1, 0.15) is 5.02 Å². The summed E-state index contributed by atoms with van der Waals surface area (Å²) in [6.45, 7) is 5.43. The average molecular weight is 327 g/mol. The molecular weight excluding hydrogens is 311 g/mol. The van der Waals surface area contributed by atoms with Gasteiger partial charge in [0, 0.05) is 0 Å². The number of nitrogens with zero attached hydrogens (tertiary/aromatic N) is 2. The molecule has 1 heterocycles. The Morgan fingerprint density at radius 1 is 1.38 bits per heavy atom. The number of halogens is 2. The number of nitrogens with two attached hydrogens (primary N) is 1. The summed E-state index contributed by atoms with van der Waals surface area (Å²) >= 11 is 11.8. The SMILES string of the molecule is C\C=C(C)/C(C(N)=O)=C(\C=C\C)Nc1nc(Cl)ncc1Cl. The Kier molecular flexibility index (Phi) is 6.39. The van der Waals surface area contributed by atoms with E-state index < -0.39 is 5.91 Å². The Bertz CT molecular complexity index is 636. The monoisotopic (exact) mass is 326 g/mol. The van der Waals surface area contributed by atoms with E-state index >= 15 is 0 Å². The van der Waals surface area contributed by atoms with Crippen molar-refractivity contribution in [3.05, 3.63) is 51.6 Å². The second kappa shape index (κ2) is 7.81. The predicted molar refractivity (Wildman–Crippen MR) is 86.1 cm³/mol. The lowest BCUT2D eigenvalue weighted by Gasteiger charge is -2.13. The number of carbonyl (C=O) groups is 1. The number of allylic oxidation sites excluding steroid dienone is 3. The highest BCUT2D eigenvalue weighted by Gasteiger charge is 2.14. The molecule has 1 amide bonds. The first kappa shape index (κ1) is 17.2. The second-order valence-corrected chi connectivity index (χ2v) is 4.83. The molecule has 0 unspecified atom stereocenters. The molecule has 3 N–H and O–H groups in total. The molecule has 0 radical (unpaired) electrons. The molecule has 1 rings (SSSR count). The zero-order valence-electron chi connectivity index (χ0n) is 11.9. The lowest BCUT2D eigenvalue weighted by Crippen LogP contribution is -2.19. The van der Waals surface area contributed by atoms with Crippen LogP contribution in [0.5, 0.6) is 0 Å². The van der Waals surface area contributed by atoms with Crippen LogP contribution in [0.25, 0.3) is 0 Å². The van der Waals surface area contributed by atoms with Crippen molar-refractivity contribution in [2.24, 2.45) is 5.73 Å². The summed E-state index contributed by atoms with van der Waals surface area (Å²) in [7, 11) is 0. The van der Waals surface area contributed by atoms with Gasteiger partial charge >= 0.3 is 0 Å². The number of rotatable bonds is 5. The number of hydrogen-bond donors (Lipinski definition) is 2. The van der Waals surface area contributed by atoms with Crippen molar-refractivity contribution in [2.75, 3.05) is 5.32 Å². The Morgan fingerprint density at radius 2 is 2.05 bits per heavy atom. The Morgan fingerprint density at radius 3 is 2.57 bits per heavy atom. The fourth-order valence-corrected chi connectivity index (χ4v) is 1.87. The second-order valence-electron chi connectivity index (χ2n) is 4.09. The maximum Gasteiger partial charge on any atom is 0.251 e. The maximum absolute atomic E-state index is 11.7. The molecule has 0 fully saturated rings. The Labute approximate surface area is 133 Å². The van der Waals surface area contributed by atoms with Crippen LogP contribution in [0, 0.1) is 0 Å². The molecule has 0 aliphatic carbocycles. The molecule has 0 aromatic carbocycles. The number of anilines is 1. The molecule has 0 aliphatic rings. The highest BCUT2D eigenvalue weighted by atomic mass is 35.5. The van der Waals surface area contributed by atoms with Crippen LogP contribution in [-0.2, 0) is 4.79 Å². The van der Waals surface area contributed by atoms with E-state index in [1.165, 1.54) is 6.20 Å². The van der Waals surface area contributed by atoms with Gasteiger partial charge in [-0.05, 0) is 44.0 Å². The number of primary amides is 1. The lowest BCUT2D eigenvalue weighted by molar-refractivity contribution is -0.114. The van der Waals surface area contributed by atoms with Gasteiger partial charge in [-0.2, -0.15) is 4.98 Å². The molecule has 0 atom stereocenters. The van der Waals surface area contributed by atoms with Crippen molar-refractivity contribution in [1.29, 1.82) is 0 Å². The van der Waals surface area contributed by atoms with Crippen LogP contribution in [0.1, 0.15) is 20.8 Å². The third-order valence-corrected chi connectivity index (χ3v) is 3.10. The molecule has 5 nitrogen and oxygen atoms in total. The molecule has 0 saturated carbocycles. The minimum atomic E-state index is -0.553. The molecular formula is C14H16Cl2N4O. The number of amides is 1. The molecule has 0 bridgehead atoms. The van der Waals surface area contributed by atoms with Crippen LogP contribution in [0.15, 0.2) is 41.3 Å². The number of hydrogen-bond acceptors (Lipinski definition) is 4. The summed E-state index contributed by atoms with van der Waals surface area (Å²) in [5, 5.41) is 3.30. The van der Waals surface area contributed by atoms with E-state index in [4.69, 9.17) is 28.9 Å². The fourth-order valence-electron chi connectivity index (χ4n) is 1.60. The first-order valence-corrected chi connectivity index (χ1v) is 6.91. The van der Waals surface area contributed by atoms with Crippen LogP contribution in [-0.4, -0.2) is 15.9 Å². The molecule has 1 aromatic heterocycles. The molecule has 7 heteroatoms. The Balaban J connectivity index is 3.41. The van der Waals surface area contributed by atoms with Gasteiger partial charge in [-0.15, -0.1) is 0 Å². The standard InChI is InChI=1S/C14H16Cl2N4O/c1-4-6-10(11(12(17)21)8(3)5-2)19-13-9(15)7-18-14(16)20-13/h4-7H,1-3H3,(H2,17,21)(H,18,19,20)/b6-4+,8-5-,11-10-. The third-order valence-electron chi connectivity index (χ3n) is 2.64. The van der Waals surface area contributed by atoms with Crippen molar-refractivity contribution in [3.63, 3.8) is 0 Å². The number of nitrogens with one attached hydrogen (secondary N) is 1. The van der Waals surface area contributed by atoms with Gasteiger partial charge in [-0.3, -0.25) is 4.79 Å². The summed E-state index contributed by atoms with van der Waals surface area (Å²) in [6.07, 6.45) is 6.64. The van der Waals surface area contributed by atoms with Crippen molar-refractivity contribution in [3.8, 4) is 0 Å². The van der Waals surface area contributed by atoms with E-state index in [2.05, 4.69) is 15.3 Å². The van der Waals surface area contributed by atoms with Crippen LogP contribution in [0.3, 0.4) is 0 Å². The largest absolute Gasteiger partial charge is 0.366 e. The van der Waals surface area contributed by atoms with Gasteiger partial charge in [0.15, 0.2) is 5.82 Å². The lowest BCUT2D eigenvalue weighted by atomic mass is 10.0. The zero-order chi connectivity index (χ0) is 16.0. The van der Waals surface area contributed by atoms with E-state index in [1.807, 2.05) is 13.8 Å². The van der Waals surface area contributed by atoms with Gasteiger partial charge in [-0.25, -0.2) is 4.98 Å². The van der Waals surface area contributed by atoms with E-state index in [-0.39, 0.29) is 10.3 Å². The summed E-state index contributed by atoms with van der Waals surface area (Å²) in [4.78, 5) is 19.5. The number of aromatic nitrogens is 2. The van der Waals surface area contributed by atoms with Gasteiger partial charge in [0.25, 0.3) is 5.91 Å². The smallest absolute Gasteiger partial charge is 0.251 e. The molecule has 0 spiro atoms. The minimum absolute atomic E-state index is 0.0464. The minimum Gasteiger partial charge on any atom is -0.366 e. The topological polar surface area (TPSA) is 80.9 Å². The van der Waals surface area contributed by atoms with E-state index in [9.17, 15) is 4.79 Å². The van der Waals surface area contributed by atoms with Gasteiger partial charge in [-0.1, -0.05) is 23.8 Å². The zero-order valence-corrected chi connectivity index (χ0v) is 13.5. The predicted octanol–water partition coefficient (Wildman–Crippen LogP) is 3.48. The van der Waals surface area contributed by atoms with E-state index in [0.29, 0.717) is 17.1 Å². The summed E-state index contributed by atoms with van der Waals surface area (Å²) in [5.74, 6) is -0.255. The maximum atomic E-state index is 11.7. The summed E-state index contributed by atoms with van der Waals surface area (Å²) < 4.78 is 0. The third kappa shape index (κ3) is 4.58. The van der Waals surface area contributed by atoms with Crippen LogP contribution >= 0.6 is 23.2 Å². The van der Waals surface area contributed by atoms with E-state index in [1.54, 1.807) is 25.2 Å². The quantitative estimate of drug-likeness (QED) is 0.493. The molecule has 1 aromatic rings. The Hall–Kier alpha value is -1.85.